The minimum atomic E-state index is 0. The summed E-state index contributed by atoms with van der Waals surface area (Å²) in [7, 11) is 1.93. The van der Waals surface area contributed by atoms with E-state index in [0.29, 0.717) is 0 Å². The SMILES string of the molecule is CNc1ccccc1-c1[c]cccc1.[Pd]. The maximum absolute atomic E-state index is 3.22. The van der Waals surface area contributed by atoms with Gasteiger partial charge < -0.3 is 5.32 Å². The Morgan fingerprint density at radius 1 is 1.00 bits per heavy atom. The molecule has 0 unspecified atom stereocenters. The van der Waals surface area contributed by atoms with Crippen molar-refractivity contribution in [2.75, 3.05) is 12.4 Å². The van der Waals surface area contributed by atoms with Crippen LogP contribution in [0.4, 0.5) is 5.69 Å². The van der Waals surface area contributed by atoms with Gasteiger partial charge in [-0.15, -0.1) is 0 Å². The maximum atomic E-state index is 3.22. The molecule has 1 radical (unpaired) electrons. The molecule has 1 nitrogen and oxygen atoms in total. The van der Waals surface area contributed by atoms with Gasteiger partial charge in [-0.3, -0.25) is 0 Å². The summed E-state index contributed by atoms with van der Waals surface area (Å²) >= 11 is 0. The molecule has 2 rings (SSSR count). The second-order valence-electron chi connectivity index (χ2n) is 3.07. The first-order valence-corrected chi connectivity index (χ1v) is 4.65. The summed E-state index contributed by atoms with van der Waals surface area (Å²) in [5, 5.41) is 3.17. The summed E-state index contributed by atoms with van der Waals surface area (Å²) in [6, 6.07) is 19.4. The van der Waals surface area contributed by atoms with Crippen molar-refractivity contribution in [3.8, 4) is 11.1 Å². The molecule has 15 heavy (non-hydrogen) atoms. The van der Waals surface area contributed by atoms with Gasteiger partial charge in [0.25, 0.3) is 0 Å². The zero-order chi connectivity index (χ0) is 9.80. The largest absolute Gasteiger partial charge is 0.388 e. The first-order valence-electron chi connectivity index (χ1n) is 4.65. The molecule has 2 aromatic rings. The minimum absolute atomic E-state index is 0. The number of rotatable bonds is 2. The molecule has 0 fully saturated rings. The van der Waals surface area contributed by atoms with Crippen molar-refractivity contribution in [3.05, 3.63) is 54.6 Å². The molecule has 0 aliphatic heterocycles. The molecule has 0 spiro atoms. The molecule has 2 heteroatoms. The minimum Gasteiger partial charge on any atom is -0.388 e. The quantitative estimate of drug-likeness (QED) is 0.837. The normalized spacial score (nSPS) is 9.13. The monoisotopic (exact) mass is 288 g/mol. The number of nitrogens with one attached hydrogen (secondary N) is 1. The predicted octanol–water partition coefficient (Wildman–Crippen LogP) is 3.19. The Bertz CT molecular complexity index is 412. The fourth-order valence-corrected chi connectivity index (χ4v) is 1.50. The van der Waals surface area contributed by atoms with E-state index in [1.54, 1.807) is 0 Å². The van der Waals surface area contributed by atoms with E-state index in [4.69, 9.17) is 0 Å². The van der Waals surface area contributed by atoms with Crippen LogP contribution in [0.15, 0.2) is 48.5 Å². The van der Waals surface area contributed by atoms with Gasteiger partial charge in [-0.2, -0.15) is 0 Å². The van der Waals surface area contributed by atoms with Crippen molar-refractivity contribution < 1.29 is 20.4 Å². The van der Waals surface area contributed by atoms with Crippen LogP contribution in [-0.4, -0.2) is 7.05 Å². The average Bonchev–Trinajstić information content (AvgIpc) is 2.30. The van der Waals surface area contributed by atoms with Crippen molar-refractivity contribution in [2.45, 2.75) is 0 Å². The third-order valence-corrected chi connectivity index (χ3v) is 2.20. The van der Waals surface area contributed by atoms with E-state index in [2.05, 4.69) is 29.6 Å². The molecule has 0 saturated heterocycles. The number of hydrogen-bond donors (Lipinski definition) is 1. The third-order valence-electron chi connectivity index (χ3n) is 2.20. The average molecular weight is 289 g/mol. The molecule has 0 aliphatic carbocycles. The van der Waals surface area contributed by atoms with Crippen LogP contribution in [0, 0.1) is 6.07 Å². The van der Waals surface area contributed by atoms with Crippen LogP contribution < -0.4 is 5.32 Å². The molecule has 2 aromatic carbocycles. The van der Waals surface area contributed by atoms with Crippen LogP contribution in [0.25, 0.3) is 11.1 Å². The second kappa shape index (κ2) is 5.70. The number of hydrogen-bond acceptors (Lipinski definition) is 1. The van der Waals surface area contributed by atoms with Crippen molar-refractivity contribution >= 4 is 5.69 Å². The van der Waals surface area contributed by atoms with Crippen LogP contribution in [0.2, 0.25) is 0 Å². The molecule has 0 saturated carbocycles. The maximum Gasteiger partial charge on any atom is 0.0417 e. The van der Waals surface area contributed by atoms with Crippen molar-refractivity contribution in [3.63, 3.8) is 0 Å². The molecule has 0 bridgehead atoms. The third kappa shape index (κ3) is 2.68. The van der Waals surface area contributed by atoms with Crippen LogP contribution in [0.1, 0.15) is 0 Å². The van der Waals surface area contributed by atoms with Crippen LogP contribution >= 0.6 is 0 Å². The number of para-hydroxylation sites is 1. The summed E-state index contributed by atoms with van der Waals surface area (Å²) in [6.45, 7) is 0. The second-order valence-corrected chi connectivity index (χ2v) is 3.07. The molecule has 0 aromatic heterocycles. The first kappa shape index (κ1) is 12.0. The Hall–Kier alpha value is -1.10. The van der Waals surface area contributed by atoms with Crippen LogP contribution in [0.3, 0.4) is 0 Å². The Balaban J connectivity index is 0.00000112. The van der Waals surface area contributed by atoms with Gasteiger partial charge in [0.05, 0.1) is 0 Å². The predicted molar refractivity (Wildman–Crippen MR) is 60.3 cm³/mol. The topological polar surface area (TPSA) is 12.0 Å². The molecule has 79 valence electrons. The van der Waals surface area contributed by atoms with Gasteiger partial charge in [-0.1, -0.05) is 42.5 Å². The molecule has 0 heterocycles. The van der Waals surface area contributed by atoms with Crippen molar-refractivity contribution in [1.29, 1.82) is 0 Å². The fourth-order valence-electron chi connectivity index (χ4n) is 1.50. The van der Waals surface area contributed by atoms with E-state index >= 15 is 0 Å². The van der Waals surface area contributed by atoms with Gasteiger partial charge in [0, 0.05) is 38.7 Å². The van der Waals surface area contributed by atoms with E-state index in [9.17, 15) is 0 Å². The summed E-state index contributed by atoms with van der Waals surface area (Å²) < 4.78 is 0. The standard InChI is InChI=1S/C13H12N.Pd/c1-14-13-10-6-5-9-12(13)11-7-3-2-4-8-11;/h2-7,9-10,14H,1H3;. The molecular weight excluding hydrogens is 277 g/mol. The van der Waals surface area contributed by atoms with Gasteiger partial charge in [-0.05, 0) is 17.7 Å². The fraction of sp³-hybridized carbons (Fsp3) is 0.0769. The van der Waals surface area contributed by atoms with E-state index in [0.717, 1.165) is 11.3 Å². The van der Waals surface area contributed by atoms with Crippen molar-refractivity contribution in [2.24, 2.45) is 0 Å². The summed E-state index contributed by atoms with van der Waals surface area (Å²) in [5.41, 5.74) is 3.45. The van der Waals surface area contributed by atoms with Crippen LogP contribution in [0.5, 0.6) is 0 Å². The zero-order valence-corrected chi connectivity index (χ0v) is 9.99. The molecule has 1 N–H and O–H groups in total. The van der Waals surface area contributed by atoms with Gasteiger partial charge in [0.15, 0.2) is 0 Å². The number of anilines is 1. The Morgan fingerprint density at radius 3 is 2.40 bits per heavy atom. The molecule has 0 aliphatic rings. The summed E-state index contributed by atoms with van der Waals surface area (Å²) in [4.78, 5) is 0. The van der Waals surface area contributed by atoms with E-state index in [1.165, 1.54) is 5.56 Å². The first-order chi connectivity index (χ1) is 6.92. The smallest absolute Gasteiger partial charge is 0.0417 e. The van der Waals surface area contributed by atoms with E-state index < -0.39 is 0 Å². The van der Waals surface area contributed by atoms with E-state index in [1.807, 2.05) is 37.4 Å². The molecule has 0 amide bonds. The Kier molecular flexibility index (Phi) is 4.55. The zero-order valence-electron chi connectivity index (χ0n) is 8.44. The summed E-state index contributed by atoms with van der Waals surface area (Å²) in [6.07, 6.45) is 0. The Morgan fingerprint density at radius 2 is 1.73 bits per heavy atom. The van der Waals surface area contributed by atoms with Crippen molar-refractivity contribution in [1.82, 2.24) is 0 Å². The van der Waals surface area contributed by atoms with Gasteiger partial charge in [-0.25, -0.2) is 0 Å². The Labute approximate surface area is 104 Å². The van der Waals surface area contributed by atoms with Gasteiger partial charge in [0.2, 0.25) is 0 Å². The van der Waals surface area contributed by atoms with Gasteiger partial charge in [0.1, 0.15) is 0 Å². The van der Waals surface area contributed by atoms with Gasteiger partial charge >= 0.3 is 0 Å². The molecule has 0 atom stereocenters. The number of benzene rings is 2. The summed E-state index contributed by atoms with van der Waals surface area (Å²) in [5.74, 6) is 0. The molecular formula is C13H12NPd. The van der Waals surface area contributed by atoms with Crippen LogP contribution in [-0.2, 0) is 20.4 Å². The van der Waals surface area contributed by atoms with E-state index in [-0.39, 0.29) is 20.4 Å².